The molecule has 0 radical (unpaired) electrons. The molecule has 2 rings (SSSR count). The van der Waals surface area contributed by atoms with Crippen molar-refractivity contribution in [1.82, 2.24) is 4.90 Å². The molecule has 0 atom stereocenters. The van der Waals surface area contributed by atoms with E-state index >= 15 is 0 Å². The zero-order chi connectivity index (χ0) is 16.8. The topological polar surface area (TPSA) is 49.8 Å². The number of carbonyl (C=O) groups is 1. The molecule has 0 spiro atoms. The van der Waals surface area contributed by atoms with Gasteiger partial charge in [-0.3, -0.25) is 4.79 Å². The van der Waals surface area contributed by atoms with E-state index in [2.05, 4.69) is 0 Å². The summed E-state index contributed by atoms with van der Waals surface area (Å²) in [5.74, 6) is -0.334. The van der Waals surface area contributed by atoms with Crippen LogP contribution in [0.3, 0.4) is 0 Å². The number of hydrogen-bond donors (Lipinski definition) is 1. The number of aryl methyl sites for hydroxylation is 1. The van der Waals surface area contributed by atoms with Gasteiger partial charge in [0.1, 0.15) is 11.6 Å². The van der Waals surface area contributed by atoms with E-state index in [1.54, 1.807) is 32.2 Å². The Morgan fingerprint density at radius 3 is 2.65 bits per heavy atom. The van der Waals surface area contributed by atoms with Gasteiger partial charge in [-0.2, -0.15) is 0 Å². The summed E-state index contributed by atoms with van der Waals surface area (Å²) in [7, 11) is 1.55. The summed E-state index contributed by atoms with van der Waals surface area (Å²) in [4.78, 5) is 14.1. The number of hydrogen-bond acceptors (Lipinski definition) is 3. The standard InChI is InChI=1S/C18H20FNO3/c1-13-6-5-8-15(17(13)19)18(22)20(10-11-21)12-14-7-3-4-9-16(14)23-2/h3-9,21H,10-12H2,1-2H3. The highest BCUT2D eigenvalue weighted by Crippen LogP contribution is 2.21. The quantitative estimate of drug-likeness (QED) is 0.891. The van der Waals surface area contributed by atoms with Crippen molar-refractivity contribution in [3.05, 3.63) is 65.0 Å². The van der Waals surface area contributed by atoms with Crippen LogP contribution in [0.15, 0.2) is 42.5 Å². The Balaban J connectivity index is 2.30. The molecule has 0 aliphatic carbocycles. The van der Waals surface area contributed by atoms with E-state index in [0.29, 0.717) is 11.3 Å². The highest BCUT2D eigenvalue weighted by Gasteiger charge is 2.21. The number of benzene rings is 2. The second-order valence-corrected chi connectivity index (χ2v) is 5.20. The Hall–Kier alpha value is -2.40. The first-order chi connectivity index (χ1) is 11.1. The molecule has 0 heterocycles. The third kappa shape index (κ3) is 3.87. The third-order valence-corrected chi connectivity index (χ3v) is 3.63. The lowest BCUT2D eigenvalue weighted by Gasteiger charge is -2.23. The predicted octanol–water partition coefficient (Wildman–Crippen LogP) is 2.78. The van der Waals surface area contributed by atoms with E-state index in [9.17, 15) is 14.3 Å². The fourth-order valence-corrected chi connectivity index (χ4v) is 2.40. The molecule has 2 aromatic carbocycles. The van der Waals surface area contributed by atoms with E-state index in [1.165, 1.54) is 11.0 Å². The van der Waals surface area contributed by atoms with Crippen LogP contribution in [-0.4, -0.2) is 36.2 Å². The average Bonchev–Trinajstić information content (AvgIpc) is 2.57. The Bertz CT molecular complexity index is 688. The number of carbonyl (C=O) groups excluding carboxylic acids is 1. The molecule has 0 aromatic heterocycles. The summed E-state index contributed by atoms with van der Waals surface area (Å²) < 4.78 is 19.5. The molecule has 4 nitrogen and oxygen atoms in total. The molecule has 0 unspecified atom stereocenters. The SMILES string of the molecule is COc1ccccc1CN(CCO)C(=O)c1cccc(C)c1F. The molecular weight excluding hydrogens is 297 g/mol. The molecule has 0 aliphatic rings. The fraction of sp³-hybridized carbons (Fsp3) is 0.278. The van der Waals surface area contributed by atoms with Crippen molar-refractivity contribution in [2.45, 2.75) is 13.5 Å². The number of nitrogens with zero attached hydrogens (tertiary/aromatic N) is 1. The van der Waals surface area contributed by atoms with Crippen molar-refractivity contribution < 1.29 is 19.0 Å². The zero-order valence-corrected chi connectivity index (χ0v) is 13.3. The maximum Gasteiger partial charge on any atom is 0.257 e. The molecule has 1 N–H and O–H groups in total. The lowest BCUT2D eigenvalue weighted by atomic mass is 10.1. The van der Waals surface area contributed by atoms with Crippen LogP contribution in [0.4, 0.5) is 4.39 Å². The van der Waals surface area contributed by atoms with Crippen LogP contribution in [0.1, 0.15) is 21.5 Å². The second kappa shape index (κ2) is 7.74. The first-order valence-electron chi connectivity index (χ1n) is 7.35. The molecule has 0 aliphatic heterocycles. The Labute approximate surface area is 135 Å². The molecule has 2 aromatic rings. The first-order valence-corrected chi connectivity index (χ1v) is 7.35. The van der Waals surface area contributed by atoms with Gasteiger partial charge in [-0.05, 0) is 24.6 Å². The van der Waals surface area contributed by atoms with E-state index in [-0.39, 0.29) is 25.3 Å². The van der Waals surface area contributed by atoms with E-state index in [0.717, 1.165) is 5.56 Å². The fourth-order valence-electron chi connectivity index (χ4n) is 2.40. The van der Waals surface area contributed by atoms with Gasteiger partial charge in [-0.15, -0.1) is 0 Å². The van der Waals surface area contributed by atoms with Crippen LogP contribution in [0.5, 0.6) is 5.75 Å². The molecule has 23 heavy (non-hydrogen) atoms. The average molecular weight is 317 g/mol. The number of aliphatic hydroxyl groups is 1. The number of methoxy groups -OCH3 is 1. The molecular formula is C18H20FNO3. The van der Waals surface area contributed by atoms with Gasteiger partial charge in [0, 0.05) is 18.7 Å². The molecule has 122 valence electrons. The van der Waals surface area contributed by atoms with Crippen molar-refractivity contribution in [2.24, 2.45) is 0 Å². The maximum atomic E-state index is 14.2. The van der Waals surface area contributed by atoms with Crippen molar-refractivity contribution >= 4 is 5.91 Å². The van der Waals surface area contributed by atoms with Gasteiger partial charge in [0.05, 0.1) is 19.3 Å². The molecule has 1 amide bonds. The van der Waals surface area contributed by atoms with Crippen molar-refractivity contribution in [2.75, 3.05) is 20.3 Å². The summed E-state index contributed by atoms with van der Waals surface area (Å²) in [5, 5.41) is 9.24. The van der Waals surface area contributed by atoms with Crippen LogP contribution in [0.25, 0.3) is 0 Å². The number of rotatable bonds is 6. The Morgan fingerprint density at radius 2 is 1.96 bits per heavy atom. The highest BCUT2D eigenvalue weighted by molar-refractivity contribution is 5.94. The number of aliphatic hydroxyl groups excluding tert-OH is 1. The van der Waals surface area contributed by atoms with E-state index in [4.69, 9.17) is 4.74 Å². The van der Waals surface area contributed by atoms with Gasteiger partial charge in [-0.1, -0.05) is 30.3 Å². The molecule has 5 heteroatoms. The molecule has 0 fully saturated rings. The second-order valence-electron chi connectivity index (χ2n) is 5.20. The Kier molecular flexibility index (Phi) is 5.71. The van der Waals surface area contributed by atoms with Gasteiger partial charge in [-0.25, -0.2) is 4.39 Å². The Morgan fingerprint density at radius 1 is 1.22 bits per heavy atom. The number of amides is 1. The van der Waals surface area contributed by atoms with Crippen LogP contribution < -0.4 is 4.74 Å². The van der Waals surface area contributed by atoms with Crippen LogP contribution in [0, 0.1) is 12.7 Å². The van der Waals surface area contributed by atoms with Gasteiger partial charge in [0.25, 0.3) is 5.91 Å². The van der Waals surface area contributed by atoms with Gasteiger partial charge < -0.3 is 14.7 Å². The minimum Gasteiger partial charge on any atom is -0.496 e. The number of ether oxygens (including phenoxy) is 1. The van der Waals surface area contributed by atoms with E-state index < -0.39 is 11.7 Å². The van der Waals surface area contributed by atoms with Gasteiger partial charge >= 0.3 is 0 Å². The molecule has 0 saturated heterocycles. The highest BCUT2D eigenvalue weighted by atomic mass is 19.1. The van der Waals surface area contributed by atoms with Gasteiger partial charge in [0.2, 0.25) is 0 Å². The van der Waals surface area contributed by atoms with Crippen molar-refractivity contribution in [3.63, 3.8) is 0 Å². The number of para-hydroxylation sites is 1. The smallest absolute Gasteiger partial charge is 0.257 e. The summed E-state index contributed by atoms with van der Waals surface area (Å²) in [6.07, 6.45) is 0. The van der Waals surface area contributed by atoms with Gasteiger partial charge in [0.15, 0.2) is 0 Å². The predicted molar refractivity (Wildman–Crippen MR) is 86.0 cm³/mol. The van der Waals surface area contributed by atoms with E-state index in [1.807, 2.05) is 18.2 Å². The summed E-state index contributed by atoms with van der Waals surface area (Å²) in [6, 6.07) is 12.0. The monoisotopic (exact) mass is 317 g/mol. The number of halogens is 1. The maximum absolute atomic E-state index is 14.2. The first kappa shape index (κ1) is 17.0. The minimum absolute atomic E-state index is 0.00773. The van der Waals surface area contributed by atoms with Crippen molar-refractivity contribution in [3.8, 4) is 5.75 Å². The van der Waals surface area contributed by atoms with Crippen LogP contribution >= 0.6 is 0 Å². The minimum atomic E-state index is -0.527. The summed E-state index contributed by atoms with van der Waals surface area (Å²) in [5.41, 5.74) is 1.22. The lowest BCUT2D eigenvalue weighted by molar-refractivity contribution is 0.0701. The lowest BCUT2D eigenvalue weighted by Crippen LogP contribution is -2.33. The third-order valence-electron chi connectivity index (χ3n) is 3.63. The zero-order valence-electron chi connectivity index (χ0n) is 13.3. The normalized spacial score (nSPS) is 10.4. The summed E-state index contributed by atoms with van der Waals surface area (Å²) >= 11 is 0. The largest absolute Gasteiger partial charge is 0.496 e. The molecule has 0 saturated carbocycles. The van der Waals surface area contributed by atoms with Crippen LogP contribution in [0.2, 0.25) is 0 Å². The summed E-state index contributed by atoms with van der Waals surface area (Å²) in [6.45, 7) is 1.76. The van der Waals surface area contributed by atoms with Crippen molar-refractivity contribution in [1.29, 1.82) is 0 Å². The molecule has 0 bridgehead atoms. The van der Waals surface area contributed by atoms with Crippen LogP contribution in [-0.2, 0) is 6.54 Å².